The second-order valence-electron chi connectivity index (χ2n) is 9.23. The Morgan fingerprint density at radius 1 is 1.23 bits per heavy atom. The van der Waals surface area contributed by atoms with Crippen LogP contribution in [0.4, 0.5) is 14.9 Å². The molecule has 4 heterocycles. The number of fused-ring (bicyclic) bond motifs is 1. The molecule has 2 amide bonds. The van der Waals surface area contributed by atoms with Crippen LogP contribution >= 0.6 is 0 Å². The topological polar surface area (TPSA) is 91.7 Å². The zero-order valence-electron chi connectivity index (χ0n) is 17.4. The highest BCUT2D eigenvalue weighted by molar-refractivity contribution is 5.94. The van der Waals surface area contributed by atoms with Gasteiger partial charge < -0.3 is 10.2 Å². The molecular weight excluding hydrogens is 397 g/mol. The molecule has 3 aromatic rings. The monoisotopic (exact) mass is 423 g/mol. The summed E-state index contributed by atoms with van der Waals surface area (Å²) in [6.45, 7) is 1.37. The first-order valence-corrected chi connectivity index (χ1v) is 11.2. The predicted octanol–water partition coefficient (Wildman–Crippen LogP) is 4.12. The van der Waals surface area contributed by atoms with Crippen molar-refractivity contribution in [1.29, 1.82) is 0 Å². The summed E-state index contributed by atoms with van der Waals surface area (Å²) >= 11 is 0. The molecule has 2 atom stereocenters. The number of anilines is 1. The van der Waals surface area contributed by atoms with Crippen LogP contribution in [0.2, 0.25) is 0 Å². The lowest BCUT2D eigenvalue weighted by Gasteiger charge is -2.36. The van der Waals surface area contributed by atoms with E-state index < -0.39 is 6.17 Å². The third-order valence-electron chi connectivity index (χ3n) is 7.31. The van der Waals surface area contributed by atoms with Crippen LogP contribution in [0.25, 0.3) is 22.3 Å². The molecule has 3 fully saturated rings. The summed E-state index contributed by atoms with van der Waals surface area (Å²) in [6, 6.07) is 1.87. The molecule has 0 radical (unpaired) electrons. The summed E-state index contributed by atoms with van der Waals surface area (Å²) in [4.78, 5) is 19.6. The zero-order valence-corrected chi connectivity index (χ0v) is 17.4. The Kier molecular flexibility index (Phi) is 4.26. The van der Waals surface area contributed by atoms with Crippen molar-refractivity contribution in [3.05, 3.63) is 24.7 Å². The molecule has 3 aromatic heterocycles. The minimum atomic E-state index is -0.737. The van der Waals surface area contributed by atoms with Gasteiger partial charge in [0.1, 0.15) is 11.9 Å². The summed E-state index contributed by atoms with van der Waals surface area (Å²) in [5.74, 6) is 0.0287. The van der Waals surface area contributed by atoms with Crippen LogP contribution in [-0.4, -0.2) is 54.1 Å². The Morgan fingerprint density at radius 2 is 2.13 bits per heavy atom. The third kappa shape index (κ3) is 3.18. The number of H-pyrrole nitrogens is 1. The van der Waals surface area contributed by atoms with Gasteiger partial charge in [-0.05, 0) is 51.0 Å². The molecule has 9 heteroatoms. The highest BCUT2D eigenvalue weighted by Crippen LogP contribution is 2.48. The number of halogens is 1. The fourth-order valence-corrected chi connectivity index (χ4v) is 5.05. The predicted molar refractivity (Wildman–Crippen MR) is 114 cm³/mol. The van der Waals surface area contributed by atoms with E-state index in [2.05, 4.69) is 25.6 Å². The van der Waals surface area contributed by atoms with Crippen LogP contribution in [0.5, 0.6) is 0 Å². The number of nitrogens with zero attached hydrogens (tertiary/aromatic N) is 5. The fourth-order valence-electron chi connectivity index (χ4n) is 5.05. The van der Waals surface area contributed by atoms with E-state index >= 15 is 0 Å². The number of hydrogen-bond acceptors (Lipinski definition) is 4. The number of piperidine rings is 1. The molecule has 8 nitrogen and oxygen atoms in total. The van der Waals surface area contributed by atoms with Gasteiger partial charge in [-0.25, -0.2) is 9.18 Å². The maximum absolute atomic E-state index is 13.8. The summed E-state index contributed by atoms with van der Waals surface area (Å²) in [7, 11) is 0. The Hall–Kier alpha value is -2.97. The van der Waals surface area contributed by atoms with Gasteiger partial charge in [-0.2, -0.15) is 10.2 Å². The van der Waals surface area contributed by atoms with Gasteiger partial charge in [0.2, 0.25) is 0 Å². The first-order valence-electron chi connectivity index (χ1n) is 11.2. The molecule has 2 N–H and O–H groups in total. The molecule has 0 bridgehead atoms. The number of hydrogen-bond donors (Lipinski definition) is 2. The van der Waals surface area contributed by atoms with Crippen LogP contribution in [-0.2, 0) is 6.54 Å². The standard InChI is InChI=1S/C22H26FN7O/c23-16-4-3-14(16)13-30-19-9-17(24-10-15(19)11-26-30)20-18(12-25-28-20)27-21(31)29-8-2-1-5-22(29)6-7-22/h9-12,14,16H,1-8,13H2,(H,25,28)(H,27,31). The van der Waals surface area contributed by atoms with E-state index in [1.165, 1.54) is 6.42 Å². The van der Waals surface area contributed by atoms with Gasteiger partial charge in [0.25, 0.3) is 0 Å². The summed E-state index contributed by atoms with van der Waals surface area (Å²) < 4.78 is 15.6. The maximum Gasteiger partial charge on any atom is 0.322 e. The van der Waals surface area contributed by atoms with E-state index in [1.54, 1.807) is 18.6 Å². The number of likely N-dealkylation sites (tertiary alicyclic amines) is 1. The van der Waals surface area contributed by atoms with Crippen molar-refractivity contribution in [2.75, 3.05) is 11.9 Å². The Bertz CT molecular complexity index is 1130. The number of aromatic amines is 1. The van der Waals surface area contributed by atoms with Crippen molar-refractivity contribution in [1.82, 2.24) is 29.9 Å². The Balaban J connectivity index is 1.26. The largest absolute Gasteiger partial charge is 0.322 e. The third-order valence-corrected chi connectivity index (χ3v) is 7.31. The quantitative estimate of drug-likeness (QED) is 0.660. The van der Waals surface area contributed by atoms with Crippen LogP contribution in [0.1, 0.15) is 44.9 Å². The smallest absolute Gasteiger partial charge is 0.319 e. The number of carbonyl (C=O) groups is 1. The van der Waals surface area contributed by atoms with Crippen molar-refractivity contribution in [3.63, 3.8) is 0 Å². The molecule has 2 aliphatic carbocycles. The van der Waals surface area contributed by atoms with Gasteiger partial charge in [0.15, 0.2) is 0 Å². The van der Waals surface area contributed by atoms with E-state index in [9.17, 15) is 9.18 Å². The summed E-state index contributed by atoms with van der Waals surface area (Å²) in [6.07, 6.45) is 11.5. The fraction of sp³-hybridized carbons (Fsp3) is 0.545. The minimum Gasteiger partial charge on any atom is -0.319 e. The maximum atomic E-state index is 13.8. The van der Waals surface area contributed by atoms with Crippen molar-refractivity contribution >= 4 is 22.6 Å². The minimum absolute atomic E-state index is 0.0287. The highest BCUT2D eigenvalue weighted by Gasteiger charge is 2.51. The highest BCUT2D eigenvalue weighted by atomic mass is 19.1. The van der Waals surface area contributed by atoms with Gasteiger partial charge in [-0.3, -0.25) is 14.8 Å². The lowest BCUT2D eigenvalue weighted by Crippen LogP contribution is -2.47. The lowest BCUT2D eigenvalue weighted by molar-refractivity contribution is 0.0954. The number of alkyl halides is 1. The summed E-state index contributed by atoms with van der Waals surface area (Å²) in [5, 5.41) is 15.5. The Labute approximate surface area is 179 Å². The molecule has 2 unspecified atom stereocenters. The molecule has 2 saturated carbocycles. The molecule has 162 valence electrons. The normalized spacial score (nSPS) is 24.4. The number of urea groups is 1. The molecule has 1 saturated heterocycles. The number of rotatable bonds is 4. The molecule has 1 aliphatic heterocycles. The number of amides is 2. The van der Waals surface area contributed by atoms with Crippen molar-refractivity contribution in [3.8, 4) is 11.4 Å². The van der Waals surface area contributed by atoms with Gasteiger partial charge in [-0.15, -0.1) is 0 Å². The van der Waals surface area contributed by atoms with Crippen LogP contribution in [0, 0.1) is 5.92 Å². The van der Waals surface area contributed by atoms with Gasteiger partial charge in [0.05, 0.1) is 29.3 Å². The average Bonchev–Trinajstić information content (AvgIpc) is 3.21. The van der Waals surface area contributed by atoms with Crippen LogP contribution < -0.4 is 5.32 Å². The first-order chi connectivity index (χ1) is 15.1. The van der Waals surface area contributed by atoms with Crippen molar-refractivity contribution < 1.29 is 9.18 Å². The van der Waals surface area contributed by atoms with Crippen molar-refractivity contribution in [2.45, 2.75) is 63.2 Å². The molecule has 0 aromatic carbocycles. The van der Waals surface area contributed by atoms with Crippen LogP contribution in [0.15, 0.2) is 24.7 Å². The lowest BCUT2D eigenvalue weighted by atomic mass is 9.83. The van der Waals surface area contributed by atoms with E-state index in [0.29, 0.717) is 30.0 Å². The number of carbonyl (C=O) groups excluding carboxylic acids is 1. The summed E-state index contributed by atoms with van der Waals surface area (Å²) in [5.41, 5.74) is 2.94. The van der Waals surface area contributed by atoms with Gasteiger partial charge >= 0.3 is 6.03 Å². The molecule has 6 rings (SSSR count). The van der Waals surface area contributed by atoms with Gasteiger partial charge in [0, 0.05) is 36.1 Å². The SMILES string of the molecule is O=C(Nc1cn[nH]c1-c1cc2c(cn1)cnn2CC1CCC1F)N1CCCCC12CC2. The van der Waals surface area contributed by atoms with E-state index in [-0.39, 0.29) is 17.5 Å². The first kappa shape index (κ1) is 18.8. The second kappa shape index (κ2) is 7.03. The van der Waals surface area contributed by atoms with Gasteiger partial charge in [-0.1, -0.05) is 0 Å². The van der Waals surface area contributed by atoms with Crippen molar-refractivity contribution in [2.24, 2.45) is 5.92 Å². The molecule has 3 aliphatic rings. The van der Waals surface area contributed by atoms with E-state index in [0.717, 1.165) is 49.6 Å². The van der Waals surface area contributed by atoms with Crippen LogP contribution in [0.3, 0.4) is 0 Å². The second-order valence-corrected chi connectivity index (χ2v) is 9.23. The average molecular weight is 423 g/mol. The van der Waals surface area contributed by atoms with E-state index in [4.69, 9.17) is 0 Å². The number of aromatic nitrogens is 5. The number of nitrogens with one attached hydrogen (secondary N) is 2. The van der Waals surface area contributed by atoms with E-state index in [1.807, 2.05) is 15.6 Å². The number of pyridine rings is 1. The zero-order chi connectivity index (χ0) is 21.0. The Morgan fingerprint density at radius 3 is 2.90 bits per heavy atom. The molecular formula is C22H26FN7O. The molecule has 1 spiro atoms. The molecule has 31 heavy (non-hydrogen) atoms.